The summed E-state index contributed by atoms with van der Waals surface area (Å²) in [6.45, 7) is 4.83. The first-order valence-corrected chi connectivity index (χ1v) is 11.9. The van der Waals surface area contributed by atoms with Crippen LogP contribution in [0.15, 0.2) is 12.4 Å². The number of halogens is 2. The Morgan fingerprint density at radius 3 is 2.12 bits per heavy atom. The lowest BCUT2D eigenvalue weighted by Gasteiger charge is -2.16. The summed E-state index contributed by atoms with van der Waals surface area (Å²) in [6, 6.07) is 0. The molecular formula is C23H41Cl2N3O5. The molecule has 0 aliphatic rings. The third-order valence-electron chi connectivity index (χ3n) is 5.03. The van der Waals surface area contributed by atoms with E-state index in [4.69, 9.17) is 21.1 Å². The fraction of sp³-hybridized carbons (Fsp3) is 0.739. The Morgan fingerprint density at radius 1 is 0.970 bits per heavy atom. The van der Waals surface area contributed by atoms with Gasteiger partial charge in [0, 0.05) is 6.42 Å². The first-order chi connectivity index (χ1) is 15.0. The molecule has 0 aromatic carbocycles. The molecule has 0 amide bonds. The van der Waals surface area contributed by atoms with Gasteiger partial charge in [0.2, 0.25) is 0 Å². The number of ketones is 1. The molecular weight excluding hydrogens is 469 g/mol. The Balaban J connectivity index is 0. The number of aromatic amines is 2. The van der Waals surface area contributed by atoms with Crippen molar-refractivity contribution < 1.29 is 41.2 Å². The minimum absolute atomic E-state index is 0. The normalized spacial score (nSPS) is 12.1. The van der Waals surface area contributed by atoms with E-state index in [1.807, 2.05) is 0 Å². The number of ether oxygens (including phenoxy) is 2. The Morgan fingerprint density at radius 2 is 1.58 bits per heavy atom. The van der Waals surface area contributed by atoms with E-state index in [9.17, 15) is 14.4 Å². The van der Waals surface area contributed by atoms with Crippen LogP contribution in [0, 0.1) is 5.92 Å². The Kier molecular flexibility index (Phi) is 21.3. The van der Waals surface area contributed by atoms with E-state index in [1.165, 1.54) is 0 Å². The number of unbranched alkanes of at least 4 members (excludes halogenated alkanes) is 6. The summed E-state index contributed by atoms with van der Waals surface area (Å²) in [5.74, 6) is -1.48. The number of hydrogen-bond donors (Lipinski definition) is 2. The van der Waals surface area contributed by atoms with Crippen LogP contribution in [0.25, 0.3) is 0 Å². The lowest BCUT2D eigenvalue weighted by Crippen LogP contribution is -3.00. The fourth-order valence-corrected chi connectivity index (χ4v) is 3.38. The van der Waals surface area contributed by atoms with Crippen LogP contribution >= 0.6 is 11.6 Å². The third-order valence-corrected chi connectivity index (χ3v) is 5.43. The van der Waals surface area contributed by atoms with Gasteiger partial charge in [-0.05, 0) is 12.8 Å². The van der Waals surface area contributed by atoms with Crippen molar-refractivity contribution >= 4 is 29.3 Å². The summed E-state index contributed by atoms with van der Waals surface area (Å²) in [4.78, 5) is 43.3. The second kappa shape index (κ2) is 20.9. The zero-order valence-electron chi connectivity index (χ0n) is 20.0. The first-order valence-electron chi connectivity index (χ1n) is 11.5. The van der Waals surface area contributed by atoms with Crippen molar-refractivity contribution in [2.24, 2.45) is 5.92 Å². The van der Waals surface area contributed by atoms with Gasteiger partial charge in [-0.3, -0.25) is 14.4 Å². The maximum atomic E-state index is 12.6. The van der Waals surface area contributed by atoms with Crippen molar-refractivity contribution in [1.82, 2.24) is 11.1 Å². The average molecular weight is 511 g/mol. The average Bonchev–Trinajstić information content (AvgIpc) is 3.25. The van der Waals surface area contributed by atoms with E-state index in [2.05, 4.69) is 23.8 Å². The summed E-state index contributed by atoms with van der Waals surface area (Å²) in [7, 11) is 0. The molecule has 192 valence electrons. The summed E-state index contributed by atoms with van der Waals surface area (Å²) in [5.41, 5.74) is 0. The summed E-state index contributed by atoms with van der Waals surface area (Å²) in [5, 5.41) is -0.806. The van der Waals surface area contributed by atoms with Gasteiger partial charge >= 0.3 is 11.9 Å². The molecule has 0 bridgehead atoms. The van der Waals surface area contributed by atoms with Gasteiger partial charge in [-0.2, -0.15) is 0 Å². The fourth-order valence-electron chi connectivity index (χ4n) is 3.14. The smallest absolute Gasteiger partial charge is 0.309 e. The third kappa shape index (κ3) is 15.8. The molecule has 5 N–H and O–H groups in total. The number of carbonyl (C=O) groups is 3. The Hall–Kier alpha value is -1.64. The van der Waals surface area contributed by atoms with E-state index in [0.717, 1.165) is 57.2 Å². The van der Waals surface area contributed by atoms with E-state index in [1.54, 1.807) is 12.4 Å². The molecule has 1 aromatic heterocycles. The molecule has 0 saturated carbocycles. The van der Waals surface area contributed by atoms with E-state index < -0.39 is 23.2 Å². The van der Waals surface area contributed by atoms with Gasteiger partial charge in [-0.15, -0.1) is 11.6 Å². The number of nitrogens with one attached hydrogen (secondary N) is 2. The van der Waals surface area contributed by atoms with Gasteiger partial charge in [0.05, 0.1) is 32.0 Å². The standard InChI is InChI=1S/C23H37ClN2O5.ClH.H3N/c1-3-5-7-9-13-30-22(28)16-18(23(29)31-14-10-8-6-4-2)15-20(27)19(24)17-21-25-11-12-26-21;;/h11-12,18-19H,3-10,13-17H2,1-2H3,(H,25,26);1H;1H3/t18-,19+;;/m1../s1. The summed E-state index contributed by atoms with van der Waals surface area (Å²) in [6.07, 6.45) is 11.3. The van der Waals surface area contributed by atoms with E-state index in [-0.39, 0.29) is 50.2 Å². The van der Waals surface area contributed by atoms with Crippen molar-refractivity contribution in [3.05, 3.63) is 18.2 Å². The molecule has 0 aliphatic heterocycles. The molecule has 0 fully saturated rings. The minimum atomic E-state index is -0.879. The molecule has 10 heteroatoms. The van der Waals surface area contributed by atoms with Gasteiger partial charge in [0.1, 0.15) is 17.8 Å². The molecule has 0 radical (unpaired) electrons. The number of Topliss-reactive ketones (excluding diaryl/α,β-unsaturated/α-hetero) is 1. The predicted molar refractivity (Wildman–Crippen MR) is 124 cm³/mol. The van der Waals surface area contributed by atoms with Gasteiger partial charge in [-0.1, -0.05) is 52.4 Å². The van der Waals surface area contributed by atoms with Crippen LogP contribution in [0.2, 0.25) is 0 Å². The van der Waals surface area contributed by atoms with Crippen LogP contribution < -0.4 is 23.5 Å². The molecule has 0 spiro atoms. The molecule has 8 nitrogen and oxygen atoms in total. The van der Waals surface area contributed by atoms with Gasteiger partial charge < -0.3 is 28.0 Å². The van der Waals surface area contributed by atoms with Crippen LogP contribution in [-0.4, -0.2) is 41.3 Å². The van der Waals surface area contributed by atoms with Crippen LogP contribution in [0.4, 0.5) is 0 Å². The van der Waals surface area contributed by atoms with Gasteiger partial charge in [0.25, 0.3) is 5.82 Å². The lowest BCUT2D eigenvalue weighted by molar-refractivity contribution is -0.388. The molecule has 0 saturated heterocycles. The number of carbonyl (C=O) groups excluding carboxylic acids is 3. The quantitative estimate of drug-likeness (QED) is 0.174. The number of esters is 2. The van der Waals surface area contributed by atoms with Crippen LogP contribution in [0.5, 0.6) is 0 Å². The van der Waals surface area contributed by atoms with Gasteiger partial charge in [0.15, 0.2) is 5.78 Å². The topological polar surface area (TPSA) is 135 Å². The van der Waals surface area contributed by atoms with Gasteiger partial charge in [-0.25, -0.2) is 9.97 Å². The van der Waals surface area contributed by atoms with Crippen molar-refractivity contribution in [2.45, 2.75) is 89.9 Å². The van der Waals surface area contributed by atoms with E-state index in [0.29, 0.717) is 6.61 Å². The van der Waals surface area contributed by atoms with Crippen molar-refractivity contribution in [1.29, 1.82) is 0 Å². The molecule has 33 heavy (non-hydrogen) atoms. The van der Waals surface area contributed by atoms with Crippen LogP contribution in [0.1, 0.15) is 83.9 Å². The first kappa shape index (κ1) is 33.5. The highest BCUT2D eigenvalue weighted by Gasteiger charge is 2.30. The zero-order valence-corrected chi connectivity index (χ0v) is 21.5. The summed E-state index contributed by atoms with van der Waals surface area (Å²) >= 11 is 6.24. The largest absolute Gasteiger partial charge is 1.00 e. The number of H-pyrrole nitrogens is 2. The van der Waals surface area contributed by atoms with Crippen molar-refractivity contribution in [2.75, 3.05) is 13.2 Å². The summed E-state index contributed by atoms with van der Waals surface area (Å²) < 4.78 is 10.6. The second-order valence-electron chi connectivity index (χ2n) is 7.85. The molecule has 2 atom stereocenters. The maximum absolute atomic E-state index is 12.6. The van der Waals surface area contributed by atoms with Crippen molar-refractivity contribution in [3.63, 3.8) is 0 Å². The highest BCUT2D eigenvalue weighted by Crippen LogP contribution is 2.18. The monoisotopic (exact) mass is 509 g/mol. The molecule has 0 unspecified atom stereocenters. The molecule has 1 rings (SSSR count). The SMILES string of the molecule is CCCCCCOC(=O)C[C@@H](CC(=O)[C@@H](Cl)Cc1[nH]cc[nH+]1)C(=O)OCCCCCC.N.[Cl-]. The highest BCUT2D eigenvalue weighted by atomic mass is 35.5. The number of rotatable bonds is 18. The van der Waals surface area contributed by atoms with Crippen LogP contribution in [0.3, 0.4) is 0 Å². The molecule has 0 aliphatic carbocycles. The van der Waals surface area contributed by atoms with Crippen molar-refractivity contribution in [3.8, 4) is 0 Å². The minimum Gasteiger partial charge on any atom is -1.00 e. The molecule has 1 aromatic rings. The van der Waals surface area contributed by atoms with E-state index >= 15 is 0 Å². The maximum Gasteiger partial charge on any atom is 0.309 e. The second-order valence-corrected chi connectivity index (χ2v) is 8.38. The Bertz CT molecular complexity index is 644. The van der Waals surface area contributed by atoms with Crippen LogP contribution in [-0.2, 0) is 30.3 Å². The zero-order chi connectivity index (χ0) is 22.9. The Labute approximate surface area is 208 Å². The molecule has 1 heterocycles. The number of alkyl halides is 1. The number of hydrogen-bond acceptors (Lipinski definition) is 6. The number of aromatic nitrogens is 2. The lowest BCUT2D eigenvalue weighted by atomic mass is 9.96. The number of imidazole rings is 1. The predicted octanol–water partition coefficient (Wildman–Crippen LogP) is 1.36. The highest BCUT2D eigenvalue weighted by molar-refractivity contribution is 6.31.